The van der Waals surface area contributed by atoms with Crippen LogP contribution >= 0.6 is 0 Å². The van der Waals surface area contributed by atoms with Gasteiger partial charge in [0.05, 0.1) is 0 Å². The van der Waals surface area contributed by atoms with Crippen LogP contribution in [0.5, 0.6) is 5.88 Å². The molecule has 4 heteroatoms. The van der Waals surface area contributed by atoms with Crippen molar-refractivity contribution in [2.45, 2.75) is 25.4 Å². The first kappa shape index (κ1) is 14.3. The second-order valence-corrected chi connectivity index (χ2v) is 6.09. The molecule has 0 saturated carbocycles. The molecule has 2 aromatic heterocycles. The Kier molecular flexibility index (Phi) is 3.99. The van der Waals surface area contributed by atoms with Gasteiger partial charge in [-0.15, -0.1) is 0 Å². The molecule has 3 aromatic rings. The van der Waals surface area contributed by atoms with Crippen molar-refractivity contribution in [2.24, 2.45) is 0 Å². The number of pyridine rings is 1. The van der Waals surface area contributed by atoms with Crippen molar-refractivity contribution >= 4 is 11.0 Å². The van der Waals surface area contributed by atoms with Crippen molar-refractivity contribution in [3.05, 3.63) is 59.8 Å². The zero-order chi connectivity index (χ0) is 15.5. The molecule has 1 aromatic carbocycles. The van der Waals surface area contributed by atoms with Crippen LogP contribution in [0.15, 0.2) is 48.7 Å². The van der Waals surface area contributed by atoms with Crippen molar-refractivity contribution in [1.82, 2.24) is 15.3 Å². The lowest BCUT2D eigenvalue weighted by Crippen LogP contribution is -2.26. The van der Waals surface area contributed by atoms with E-state index in [1.54, 1.807) is 0 Å². The molecular weight excluding hydrogens is 286 g/mol. The smallest absolute Gasteiger partial charge is 0.215 e. The summed E-state index contributed by atoms with van der Waals surface area (Å²) in [6, 6.07) is 14.3. The lowest BCUT2D eigenvalue weighted by atomic mass is 9.90. The number of rotatable bonds is 4. The van der Waals surface area contributed by atoms with E-state index >= 15 is 0 Å². The van der Waals surface area contributed by atoms with Gasteiger partial charge < -0.3 is 15.0 Å². The first-order valence-electron chi connectivity index (χ1n) is 8.25. The van der Waals surface area contributed by atoms with Gasteiger partial charge in [0.15, 0.2) is 0 Å². The van der Waals surface area contributed by atoms with Gasteiger partial charge in [0.25, 0.3) is 0 Å². The molecule has 2 N–H and O–H groups in total. The third-order valence-corrected chi connectivity index (χ3v) is 4.55. The van der Waals surface area contributed by atoms with Gasteiger partial charge in [-0.05, 0) is 49.0 Å². The number of hydrogen-bond acceptors (Lipinski definition) is 3. The monoisotopic (exact) mass is 307 g/mol. The number of ether oxygens (including phenoxy) is 1. The molecule has 3 heterocycles. The van der Waals surface area contributed by atoms with Crippen molar-refractivity contribution in [2.75, 3.05) is 13.1 Å². The Morgan fingerprint density at radius 2 is 1.87 bits per heavy atom. The molecule has 4 nitrogen and oxygen atoms in total. The lowest BCUT2D eigenvalue weighted by molar-refractivity contribution is 0.295. The average Bonchev–Trinajstić information content (AvgIpc) is 3.05. The van der Waals surface area contributed by atoms with E-state index in [2.05, 4.69) is 39.7 Å². The van der Waals surface area contributed by atoms with Crippen LogP contribution in [0.2, 0.25) is 0 Å². The largest absolute Gasteiger partial charge is 0.473 e. The summed E-state index contributed by atoms with van der Waals surface area (Å²) in [5, 5.41) is 4.65. The third-order valence-electron chi connectivity index (χ3n) is 4.55. The van der Waals surface area contributed by atoms with E-state index in [1.165, 1.54) is 23.8 Å². The lowest BCUT2D eigenvalue weighted by Gasteiger charge is -2.22. The van der Waals surface area contributed by atoms with Crippen LogP contribution in [0.25, 0.3) is 11.0 Å². The Balaban J connectivity index is 1.52. The van der Waals surface area contributed by atoms with Gasteiger partial charge in [0, 0.05) is 17.6 Å². The van der Waals surface area contributed by atoms with Gasteiger partial charge >= 0.3 is 0 Å². The maximum absolute atomic E-state index is 5.81. The number of aromatic amines is 1. The van der Waals surface area contributed by atoms with Crippen LogP contribution in [0, 0.1) is 0 Å². The summed E-state index contributed by atoms with van der Waals surface area (Å²) < 4.78 is 5.81. The predicted octanol–water partition coefficient (Wildman–Crippen LogP) is 3.61. The Labute approximate surface area is 135 Å². The van der Waals surface area contributed by atoms with E-state index in [0.29, 0.717) is 18.4 Å². The summed E-state index contributed by atoms with van der Waals surface area (Å²) in [5.74, 6) is 1.29. The van der Waals surface area contributed by atoms with Crippen LogP contribution in [0.4, 0.5) is 0 Å². The van der Waals surface area contributed by atoms with E-state index in [9.17, 15) is 0 Å². The highest BCUT2D eigenvalue weighted by Crippen LogP contribution is 2.31. The molecular formula is C19H21N3O. The van der Waals surface area contributed by atoms with Crippen molar-refractivity contribution in [1.29, 1.82) is 0 Å². The first-order valence-corrected chi connectivity index (χ1v) is 8.25. The number of benzene rings is 1. The molecule has 0 amide bonds. The van der Waals surface area contributed by atoms with Gasteiger partial charge in [0.2, 0.25) is 5.88 Å². The number of nitrogens with one attached hydrogen (secondary N) is 2. The number of nitrogens with zero attached hydrogens (tertiary/aromatic N) is 1. The number of aromatic nitrogens is 2. The maximum atomic E-state index is 5.81. The Morgan fingerprint density at radius 1 is 1.04 bits per heavy atom. The summed E-state index contributed by atoms with van der Waals surface area (Å²) in [5.41, 5.74) is 3.46. The van der Waals surface area contributed by atoms with Gasteiger partial charge in [0.1, 0.15) is 12.3 Å². The normalized spacial score (nSPS) is 15.8. The van der Waals surface area contributed by atoms with Gasteiger partial charge in [-0.25, -0.2) is 0 Å². The van der Waals surface area contributed by atoms with Crippen molar-refractivity contribution in [3.8, 4) is 5.88 Å². The predicted molar refractivity (Wildman–Crippen MR) is 91.7 cm³/mol. The van der Waals surface area contributed by atoms with Crippen molar-refractivity contribution < 1.29 is 4.74 Å². The molecule has 1 aliphatic heterocycles. The molecule has 1 fully saturated rings. The van der Waals surface area contributed by atoms with E-state index < -0.39 is 0 Å². The maximum Gasteiger partial charge on any atom is 0.215 e. The Morgan fingerprint density at radius 3 is 2.70 bits per heavy atom. The molecule has 4 rings (SSSR count). The van der Waals surface area contributed by atoms with E-state index in [-0.39, 0.29) is 0 Å². The second kappa shape index (κ2) is 6.42. The Hall–Kier alpha value is -2.33. The molecule has 0 spiro atoms. The molecule has 0 radical (unpaired) electrons. The summed E-state index contributed by atoms with van der Waals surface area (Å²) in [6.07, 6.45) is 4.51. The van der Waals surface area contributed by atoms with Gasteiger partial charge in [-0.1, -0.05) is 30.3 Å². The molecule has 0 atom stereocenters. The average molecular weight is 307 g/mol. The zero-order valence-corrected chi connectivity index (χ0v) is 13.1. The molecule has 0 bridgehead atoms. The first-order chi connectivity index (χ1) is 11.4. The zero-order valence-electron chi connectivity index (χ0n) is 13.1. The van der Waals surface area contributed by atoms with E-state index in [1.807, 2.05) is 24.3 Å². The minimum Gasteiger partial charge on any atom is -0.473 e. The van der Waals surface area contributed by atoms with Crippen LogP contribution in [0.1, 0.15) is 29.9 Å². The fourth-order valence-electron chi connectivity index (χ4n) is 3.29. The van der Waals surface area contributed by atoms with E-state index in [0.717, 1.165) is 24.3 Å². The van der Waals surface area contributed by atoms with Crippen LogP contribution < -0.4 is 10.1 Å². The minimum absolute atomic E-state index is 0.543. The number of H-pyrrole nitrogens is 1. The highest BCUT2D eigenvalue weighted by Gasteiger charge is 2.19. The molecule has 0 aliphatic carbocycles. The minimum atomic E-state index is 0.543. The van der Waals surface area contributed by atoms with Gasteiger partial charge in [-0.2, -0.15) is 4.98 Å². The summed E-state index contributed by atoms with van der Waals surface area (Å²) in [7, 11) is 0. The topological polar surface area (TPSA) is 49.9 Å². The fraction of sp³-hybridized carbons (Fsp3) is 0.316. The second-order valence-electron chi connectivity index (χ2n) is 6.09. The molecule has 1 saturated heterocycles. The summed E-state index contributed by atoms with van der Waals surface area (Å²) >= 11 is 0. The Bertz CT molecular complexity index is 776. The van der Waals surface area contributed by atoms with Crippen LogP contribution in [-0.4, -0.2) is 23.1 Å². The van der Waals surface area contributed by atoms with Crippen LogP contribution in [-0.2, 0) is 6.61 Å². The third kappa shape index (κ3) is 3.08. The number of hydrogen-bond donors (Lipinski definition) is 2. The van der Waals surface area contributed by atoms with E-state index in [4.69, 9.17) is 4.74 Å². The molecule has 1 aliphatic rings. The quantitative estimate of drug-likeness (QED) is 0.774. The molecule has 23 heavy (non-hydrogen) atoms. The van der Waals surface area contributed by atoms with Crippen molar-refractivity contribution in [3.63, 3.8) is 0 Å². The van der Waals surface area contributed by atoms with Crippen LogP contribution in [0.3, 0.4) is 0 Å². The number of fused-ring (bicyclic) bond motifs is 1. The highest BCUT2D eigenvalue weighted by molar-refractivity contribution is 5.81. The standard InChI is InChI=1S/C19H21N3O/c1-2-4-14(5-3-1)13-23-18-7-6-16-17(12-21-19(16)22-18)15-8-10-20-11-9-15/h1-7,12,15,20H,8-11,13H2,(H,21,22). The highest BCUT2D eigenvalue weighted by atomic mass is 16.5. The van der Waals surface area contributed by atoms with Gasteiger partial charge in [-0.3, -0.25) is 0 Å². The molecule has 118 valence electrons. The summed E-state index contributed by atoms with van der Waals surface area (Å²) in [4.78, 5) is 7.92. The molecule has 0 unspecified atom stereocenters. The number of piperidine rings is 1. The SMILES string of the molecule is c1ccc(COc2ccc3c(C4CCNCC4)c[nH]c3n2)cc1. The fourth-order valence-corrected chi connectivity index (χ4v) is 3.29. The summed E-state index contributed by atoms with van der Waals surface area (Å²) in [6.45, 7) is 2.74.